The molecule has 0 aliphatic carbocycles. The van der Waals surface area contributed by atoms with Crippen LogP contribution in [-0.2, 0) is 0 Å². The second-order valence-electron chi connectivity index (χ2n) is 4.57. The first kappa shape index (κ1) is 16.3. The van der Waals surface area contributed by atoms with Crippen molar-refractivity contribution < 1.29 is 0 Å². The van der Waals surface area contributed by atoms with Crippen molar-refractivity contribution in [3.05, 3.63) is 0 Å². The number of nitrogens with zero attached hydrogens (tertiary/aromatic N) is 3. The molecule has 0 aliphatic rings. The smallest absolute Gasteiger partial charge is 0.167 e. The van der Waals surface area contributed by atoms with Gasteiger partial charge in [-0.25, -0.2) is 0 Å². The Morgan fingerprint density at radius 1 is 0.750 bits per heavy atom. The average Bonchev–Trinajstić information content (AvgIpc) is 2.29. The third-order valence-corrected chi connectivity index (χ3v) is 9.26. The fourth-order valence-corrected chi connectivity index (χ4v) is 6.27. The van der Waals surface area contributed by atoms with E-state index in [1.165, 1.54) is 26.2 Å². The first-order valence-electron chi connectivity index (χ1n) is 6.77. The fraction of sp³-hybridized carbons (Fsp3) is 1.00. The highest BCUT2D eigenvalue weighted by atomic mass is 28.3. The lowest BCUT2D eigenvalue weighted by Gasteiger charge is -2.35. The van der Waals surface area contributed by atoms with Crippen molar-refractivity contribution >= 4 is 19.7 Å². The minimum absolute atomic E-state index is 0.183. The summed E-state index contributed by atoms with van der Waals surface area (Å²) in [6, 6.07) is 0.736. The van der Waals surface area contributed by atoms with Crippen molar-refractivity contribution in [3.8, 4) is 0 Å². The number of hydrogen-bond acceptors (Lipinski definition) is 3. The summed E-state index contributed by atoms with van der Waals surface area (Å²) >= 11 is 0. The number of rotatable bonds is 9. The van der Waals surface area contributed by atoms with Crippen molar-refractivity contribution in [3.63, 3.8) is 0 Å². The lowest BCUT2D eigenvalue weighted by atomic mass is 10.4. The molecule has 0 aromatic heterocycles. The summed E-state index contributed by atoms with van der Waals surface area (Å²) in [5.41, 5.74) is 0. The molecule has 0 saturated carbocycles. The Hall–Kier alpha value is 0.314. The fourth-order valence-electron chi connectivity index (χ4n) is 1.73. The van der Waals surface area contributed by atoms with Crippen LogP contribution in [0.5, 0.6) is 0 Å². The molecule has 98 valence electrons. The van der Waals surface area contributed by atoms with Crippen LogP contribution in [0.15, 0.2) is 0 Å². The minimum atomic E-state index is -0.183. The zero-order valence-electron chi connectivity index (χ0n) is 12.2. The van der Waals surface area contributed by atoms with Crippen molar-refractivity contribution in [1.82, 2.24) is 13.4 Å². The Balaban J connectivity index is 4.25. The summed E-state index contributed by atoms with van der Waals surface area (Å²) in [6.45, 7) is 18.7. The maximum Gasteiger partial charge on any atom is 0.167 e. The third-order valence-electron chi connectivity index (χ3n) is 3.28. The summed E-state index contributed by atoms with van der Waals surface area (Å²) < 4.78 is 8.12. The summed E-state index contributed by atoms with van der Waals surface area (Å²) in [6.07, 6.45) is 0. The molecule has 0 bridgehead atoms. The van der Waals surface area contributed by atoms with E-state index in [2.05, 4.69) is 54.9 Å². The van der Waals surface area contributed by atoms with Crippen molar-refractivity contribution in [2.24, 2.45) is 0 Å². The highest BCUT2D eigenvalue weighted by Gasteiger charge is 2.15. The van der Waals surface area contributed by atoms with Crippen LogP contribution in [0.2, 0.25) is 0 Å². The molecule has 3 nitrogen and oxygen atoms in total. The van der Waals surface area contributed by atoms with Gasteiger partial charge in [-0.05, 0) is 32.2 Å². The van der Waals surface area contributed by atoms with Gasteiger partial charge < -0.3 is 13.4 Å². The molecule has 16 heavy (non-hydrogen) atoms. The van der Waals surface area contributed by atoms with E-state index in [1.807, 2.05) is 0 Å². The maximum atomic E-state index is 2.82. The van der Waals surface area contributed by atoms with Crippen LogP contribution in [0.25, 0.3) is 0 Å². The average molecular weight is 262 g/mol. The van der Waals surface area contributed by atoms with E-state index in [4.69, 9.17) is 0 Å². The van der Waals surface area contributed by atoms with Gasteiger partial charge >= 0.3 is 0 Å². The topological polar surface area (TPSA) is 9.72 Å². The lowest BCUT2D eigenvalue weighted by Crippen LogP contribution is -2.52. The van der Waals surface area contributed by atoms with Gasteiger partial charge in [0.05, 0.1) is 0 Å². The minimum Gasteiger partial charge on any atom is -0.329 e. The molecular weight excluding hydrogens is 230 g/mol. The molecule has 0 aromatic carbocycles. The highest BCUT2D eigenvalue weighted by Crippen LogP contribution is 1.99. The zero-order chi connectivity index (χ0) is 12.6. The second kappa shape index (κ2) is 9.35. The van der Waals surface area contributed by atoms with Gasteiger partial charge in [-0.15, -0.1) is 0 Å². The van der Waals surface area contributed by atoms with Gasteiger partial charge in [-0.3, -0.25) is 0 Å². The van der Waals surface area contributed by atoms with Crippen LogP contribution in [-0.4, -0.2) is 65.3 Å². The molecule has 0 spiro atoms. The van der Waals surface area contributed by atoms with E-state index in [0.717, 1.165) is 6.04 Å². The van der Waals surface area contributed by atoms with Gasteiger partial charge in [-0.2, -0.15) is 0 Å². The molecule has 5 heteroatoms. The molecule has 0 heterocycles. The summed E-state index contributed by atoms with van der Waals surface area (Å²) in [5.74, 6) is 0. The van der Waals surface area contributed by atoms with Gasteiger partial charge in [0.25, 0.3) is 0 Å². The zero-order valence-corrected chi connectivity index (χ0v) is 15.0. The molecule has 0 fully saturated rings. The predicted molar refractivity (Wildman–Crippen MR) is 79.9 cm³/mol. The monoisotopic (exact) mass is 261 g/mol. The van der Waals surface area contributed by atoms with E-state index in [9.17, 15) is 0 Å². The van der Waals surface area contributed by atoms with E-state index < -0.39 is 0 Å². The molecular formula is C11H31N3Si2. The quantitative estimate of drug-likeness (QED) is 0.556. The number of hydrogen-bond donors (Lipinski definition) is 0. The van der Waals surface area contributed by atoms with E-state index in [0.29, 0.717) is 0 Å². The van der Waals surface area contributed by atoms with Crippen molar-refractivity contribution in [1.29, 1.82) is 0 Å². The normalized spacial score (nSPS) is 13.9. The first-order valence-corrected chi connectivity index (χ1v) is 9.30. The molecule has 0 radical (unpaired) electrons. The molecule has 0 saturated heterocycles. The molecule has 0 rings (SSSR count). The largest absolute Gasteiger partial charge is 0.329 e. The van der Waals surface area contributed by atoms with Crippen LogP contribution in [0.4, 0.5) is 0 Å². The van der Waals surface area contributed by atoms with Gasteiger partial charge in [-0.1, -0.05) is 41.5 Å². The van der Waals surface area contributed by atoms with Gasteiger partial charge in [0.1, 0.15) is 0 Å². The molecule has 0 atom stereocenters. The summed E-state index contributed by atoms with van der Waals surface area (Å²) in [4.78, 5) is 0. The van der Waals surface area contributed by atoms with Crippen LogP contribution in [0, 0.1) is 0 Å². The maximum absolute atomic E-state index is 2.82. The molecule has 0 aliphatic heterocycles. The molecule has 0 amide bonds. The van der Waals surface area contributed by atoms with Gasteiger partial charge in [0, 0.05) is 0 Å². The third kappa shape index (κ3) is 6.15. The second-order valence-corrected chi connectivity index (χ2v) is 9.45. The van der Waals surface area contributed by atoms with Crippen LogP contribution < -0.4 is 0 Å². The Morgan fingerprint density at radius 3 is 1.25 bits per heavy atom. The SMILES string of the molecule is CCN(CC)[SiH2]N([SiH2]N(CC)CC)C(C)C. The van der Waals surface area contributed by atoms with E-state index in [-0.39, 0.29) is 19.7 Å². The van der Waals surface area contributed by atoms with Gasteiger partial charge in [0.2, 0.25) is 0 Å². The summed E-state index contributed by atoms with van der Waals surface area (Å²) in [7, 11) is -0.366. The molecule has 0 aromatic rings. The van der Waals surface area contributed by atoms with Crippen molar-refractivity contribution in [2.45, 2.75) is 47.6 Å². The van der Waals surface area contributed by atoms with Crippen LogP contribution in [0.1, 0.15) is 41.5 Å². The standard InChI is InChI=1S/C11H31N3Si2/c1-7-12(8-2)15-14(11(5)6)16-13(9-3)10-4/h11H,7-10,15-16H2,1-6H3. The highest BCUT2D eigenvalue weighted by molar-refractivity contribution is 6.47. The Labute approximate surface area is 107 Å². The Bertz CT molecular complexity index is 145. The lowest BCUT2D eigenvalue weighted by molar-refractivity contribution is 0.395. The van der Waals surface area contributed by atoms with Crippen LogP contribution in [0.3, 0.4) is 0 Å². The molecule has 0 unspecified atom stereocenters. The van der Waals surface area contributed by atoms with Gasteiger partial charge in [0.15, 0.2) is 19.7 Å². The van der Waals surface area contributed by atoms with Crippen LogP contribution >= 0.6 is 0 Å². The van der Waals surface area contributed by atoms with E-state index in [1.54, 1.807) is 0 Å². The molecule has 0 N–H and O–H groups in total. The van der Waals surface area contributed by atoms with E-state index >= 15 is 0 Å². The Kier molecular flexibility index (Phi) is 9.54. The van der Waals surface area contributed by atoms with Crippen molar-refractivity contribution in [2.75, 3.05) is 26.2 Å². The Morgan fingerprint density at radius 2 is 1.06 bits per heavy atom. The summed E-state index contributed by atoms with van der Waals surface area (Å²) in [5, 5.41) is 0. The predicted octanol–water partition coefficient (Wildman–Crippen LogP) is 0.378. The first-order chi connectivity index (χ1) is 7.58.